The van der Waals surface area contributed by atoms with Crippen molar-refractivity contribution < 1.29 is 14.3 Å². The minimum atomic E-state index is -0.665. The third kappa shape index (κ3) is 5.35. The molecular formula is C28H26N6O3. The van der Waals surface area contributed by atoms with Crippen molar-refractivity contribution >= 4 is 28.6 Å². The van der Waals surface area contributed by atoms with Crippen LogP contribution < -0.4 is 15.8 Å². The number of para-hydroxylation sites is 1. The van der Waals surface area contributed by atoms with Crippen LogP contribution >= 0.6 is 0 Å². The molecule has 0 saturated carbocycles. The average Bonchev–Trinajstić information content (AvgIpc) is 3.25. The van der Waals surface area contributed by atoms with Gasteiger partial charge in [0.15, 0.2) is 11.5 Å². The zero-order chi connectivity index (χ0) is 26.0. The van der Waals surface area contributed by atoms with Crippen molar-refractivity contribution in [3.05, 3.63) is 85.2 Å². The highest BCUT2D eigenvalue weighted by atomic mass is 16.6. The molecule has 0 saturated heterocycles. The maximum absolute atomic E-state index is 12.6. The maximum Gasteiger partial charge on any atom is 0.413 e. The summed E-state index contributed by atoms with van der Waals surface area (Å²) in [6, 6.07) is 24.4. The fourth-order valence-electron chi connectivity index (χ4n) is 3.75. The lowest BCUT2D eigenvalue weighted by Crippen LogP contribution is -2.27. The van der Waals surface area contributed by atoms with Crippen molar-refractivity contribution in [1.29, 1.82) is 0 Å². The van der Waals surface area contributed by atoms with Gasteiger partial charge in [-0.1, -0.05) is 18.2 Å². The molecule has 0 unspecified atom stereocenters. The summed E-state index contributed by atoms with van der Waals surface area (Å²) >= 11 is 0. The lowest BCUT2D eigenvalue weighted by Gasteiger charge is -2.19. The Morgan fingerprint density at radius 3 is 2.24 bits per heavy atom. The number of nitrogen functional groups attached to an aromatic ring is 1. The second-order valence-electron chi connectivity index (χ2n) is 9.34. The van der Waals surface area contributed by atoms with Crippen molar-refractivity contribution in [2.24, 2.45) is 0 Å². The van der Waals surface area contributed by atoms with Gasteiger partial charge in [-0.05, 0) is 81.4 Å². The molecule has 5 rings (SSSR count). The van der Waals surface area contributed by atoms with Crippen LogP contribution in [0.25, 0.3) is 28.0 Å². The van der Waals surface area contributed by atoms with E-state index < -0.39 is 11.7 Å². The minimum absolute atomic E-state index is 0.292. The van der Waals surface area contributed by atoms with E-state index in [9.17, 15) is 4.79 Å². The smallest absolute Gasteiger partial charge is 0.413 e. The molecule has 2 heterocycles. The summed E-state index contributed by atoms with van der Waals surface area (Å²) in [5.41, 5.74) is 8.51. The van der Waals surface area contributed by atoms with Gasteiger partial charge in [0.2, 0.25) is 0 Å². The summed E-state index contributed by atoms with van der Waals surface area (Å²) in [6.07, 6.45) is 0.760. The largest absolute Gasteiger partial charge is 0.457 e. The molecule has 0 bridgehead atoms. The molecular weight excluding hydrogens is 468 g/mol. The van der Waals surface area contributed by atoms with E-state index >= 15 is 0 Å². The van der Waals surface area contributed by atoms with Crippen molar-refractivity contribution in [3.63, 3.8) is 0 Å². The van der Waals surface area contributed by atoms with E-state index in [0.717, 1.165) is 17.0 Å². The van der Waals surface area contributed by atoms with Gasteiger partial charge in [0.05, 0.1) is 11.1 Å². The summed E-state index contributed by atoms with van der Waals surface area (Å²) in [6.45, 7) is 5.39. The van der Waals surface area contributed by atoms with Gasteiger partial charge in [-0.2, -0.15) is 5.10 Å². The number of nitrogens with two attached hydrogens (primary N) is 1. The predicted octanol–water partition coefficient (Wildman–Crippen LogP) is 6.20. The third-order valence-corrected chi connectivity index (χ3v) is 5.33. The third-order valence-electron chi connectivity index (χ3n) is 5.33. The first-order chi connectivity index (χ1) is 17.8. The van der Waals surface area contributed by atoms with E-state index in [2.05, 4.69) is 15.3 Å². The molecule has 186 valence electrons. The first-order valence-corrected chi connectivity index (χ1v) is 11.7. The normalized spacial score (nSPS) is 11.3. The van der Waals surface area contributed by atoms with Crippen molar-refractivity contribution in [1.82, 2.24) is 19.7 Å². The van der Waals surface area contributed by atoms with Gasteiger partial charge in [-0.25, -0.2) is 19.4 Å². The molecule has 0 fully saturated rings. The monoisotopic (exact) mass is 494 g/mol. The Morgan fingerprint density at radius 1 is 0.892 bits per heavy atom. The standard InChI is InChI=1S/C28H26N6O3/c1-28(2,3)37-27(35)32-25-23-24(18-9-15-22(16-10-18)36-21-7-5-4-6-8-21)33-34(26(23)31-17-30-25)20-13-11-19(29)12-14-20/h4-17H,29H2,1-3H3,(H,30,31,32,35). The fraction of sp³-hybridized carbons (Fsp3) is 0.143. The van der Waals surface area contributed by atoms with Crippen LogP contribution in [0.15, 0.2) is 85.2 Å². The number of anilines is 2. The van der Waals surface area contributed by atoms with Crippen LogP contribution in [-0.4, -0.2) is 31.4 Å². The van der Waals surface area contributed by atoms with Crippen LogP contribution in [0.1, 0.15) is 20.8 Å². The van der Waals surface area contributed by atoms with Crippen LogP contribution in [0.2, 0.25) is 0 Å². The molecule has 1 amide bonds. The van der Waals surface area contributed by atoms with Crippen LogP contribution in [-0.2, 0) is 4.74 Å². The van der Waals surface area contributed by atoms with Gasteiger partial charge in [0.1, 0.15) is 29.1 Å². The number of hydrogen-bond acceptors (Lipinski definition) is 7. The zero-order valence-corrected chi connectivity index (χ0v) is 20.7. The molecule has 2 aromatic heterocycles. The molecule has 9 heteroatoms. The topological polar surface area (TPSA) is 117 Å². The average molecular weight is 495 g/mol. The van der Waals surface area contributed by atoms with Gasteiger partial charge in [0, 0.05) is 11.3 Å². The molecule has 37 heavy (non-hydrogen) atoms. The van der Waals surface area contributed by atoms with E-state index in [0.29, 0.717) is 34.0 Å². The number of nitrogens with zero attached hydrogens (tertiary/aromatic N) is 4. The highest BCUT2D eigenvalue weighted by Gasteiger charge is 2.23. The predicted molar refractivity (Wildman–Crippen MR) is 143 cm³/mol. The van der Waals surface area contributed by atoms with E-state index in [1.807, 2.05) is 66.7 Å². The Hall–Kier alpha value is -4.92. The van der Waals surface area contributed by atoms with Crippen molar-refractivity contribution in [2.45, 2.75) is 26.4 Å². The molecule has 0 aliphatic heterocycles. The second kappa shape index (κ2) is 9.62. The number of carbonyl (C=O) groups is 1. The van der Waals surface area contributed by atoms with Gasteiger partial charge < -0.3 is 15.2 Å². The van der Waals surface area contributed by atoms with E-state index in [4.69, 9.17) is 20.3 Å². The number of carbonyl (C=O) groups excluding carboxylic acids is 1. The molecule has 0 radical (unpaired) electrons. The molecule has 3 aromatic carbocycles. The zero-order valence-electron chi connectivity index (χ0n) is 20.7. The number of hydrogen-bond donors (Lipinski definition) is 2. The van der Waals surface area contributed by atoms with Crippen molar-refractivity contribution in [2.75, 3.05) is 11.1 Å². The van der Waals surface area contributed by atoms with Crippen LogP contribution in [0.5, 0.6) is 11.5 Å². The van der Waals surface area contributed by atoms with Gasteiger partial charge >= 0.3 is 6.09 Å². The first kappa shape index (κ1) is 23.8. The Kier molecular flexibility index (Phi) is 6.19. The summed E-state index contributed by atoms with van der Waals surface area (Å²) in [4.78, 5) is 21.4. The molecule has 0 aliphatic carbocycles. The fourth-order valence-corrected chi connectivity index (χ4v) is 3.75. The number of fused-ring (bicyclic) bond motifs is 1. The van der Waals surface area contributed by atoms with E-state index in [1.165, 1.54) is 6.33 Å². The minimum Gasteiger partial charge on any atom is -0.457 e. The Labute approximate surface area is 213 Å². The SMILES string of the molecule is CC(C)(C)OC(=O)Nc1ncnc2c1c(-c1ccc(Oc3ccccc3)cc1)nn2-c1ccc(N)cc1. The molecule has 3 N–H and O–H groups in total. The van der Waals surface area contributed by atoms with E-state index in [1.54, 1.807) is 37.6 Å². The Balaban J connectivity index is 1.59. The Bertz CT molecular complexity index is 1540. The van der Waals surface area contributed by atoms with Gasteiger partial charge in [0.25, 0.3) is 0 Å². The molecule has 9 nitrogen and oxygen atoms in total. The van der Waals surface area contributed by atoms with Gasteiger partial charge in [-0.15, -0.1) is 0 Å². The van der Waals surface area contributed by atoms with Crippen molar-refractivity contribution in [3.8, 4) is 28.4 Å². The summed E-state index contributed by atoms with van der Waals surface area (Å²) < 4.78 is 13.1. The maximum atomic E-state index is 12.6. The molecule has 0 atom stereocenters. The van der Waals surface area contributed by atoms with Gasteiger partial charge in [-0.3, -0.25) is 5.32 Å². The number of nitrogens with one attached hydrogen (secondary N) is 1. The lowest BCUT2D eigenvalue weighted by atomic mass is 10.1. The Morgan fingerprint density at radius 2 is 1.57 bits per heavy atom. The summed E-state index contributed by atoms with van der Waals surface area (Å²) in [5.74, 6) is 1.71. The van der Waals surface area contributed by atoms with Crippen LogP contribution in [0.3, 0.4) is 0 Å². The summed E-state index contributed by atoms with van der Waals surface area (Å²) in [7, 11) is 0. The number of rotatable bonds is 5. The number of amides is 1. The highest BCUT2D eigenvalue weighted by molar-refractivity contribution is 6.03. The second-order valence-corrected chi connectivity index (χ2v) is 9.34. The number of ether oxygens (including phenoxy) is 2. The van der Waals surface area contributed by atoms with Crippen LogP contribution in [0, 0.1) is 0 Å². The van der Waals surface area contributed by atoms with Crippen LogP contribution in [0.4, 0.5) is 16.3 Å². The quantitative estimate of drug-likeness (QED) is 0.279. The lowest BCUT2D eigenvalue weighted by molar-refractivity contribution is 0.0635. The number of benzene rings is 3. The molecule has 0 spiro atoms. The van der Waals surface area contributed by atoms with E-state index in [-0.39, 0.29) is 0 Å². The number of aromatic nitrogens is 4. The molecule has 5 aromatic rings. The highest BCUT2D eigenvalue weighted by Crippen LogP contribution is 2.34. The summed E-state index contributed by atoms with van der Waals surface area (Å²) in [5, 5.41) is 8.19. The molecule has 0 aliphatic rings. The first-order valence-electron chi connectivity index (χ1n) is 11.7.